The minimum absolute atomic E-state index is 0.0162. The zero-order chi connectivity index (χ0) is 15.5. The van der Waals surface area contributed by atoms with Crippen molar-refractivity contribution in [1.29, 1.82) is 0 Å². The topological polar surface area (TPSA) is 29.1 Å². The molecule has 1 heterocycles. The number of hydrogen-bond acceptors (Lipinski definition) is 2. The van der Waals surface area contributed by atoms with Gasteiger partial charge in [0.15, 0.2) is 5.78 Å². The fourth-order valence-corrected chi connectivity index (χ4v) is 2.93. The summed E-state index contributed by atoms with van der Waals surface area (Å²) in [5.74, 6) is 0.124. The number of alkyl halides is 3. The maximum Gasteiger partial charge on any atom is 0.417 e. The summed E-state index contributed by atoms with van der Waals surface area (Å²) in [4.78, 5) is 12.2. The van der Waals surface area contributed by atoms with Crippen molar-refractivity contribution in [2.75, 3.05) is 6.54 Å². The highest BCUT2D eigenvalue weighted by atomic mass is 19.4. The summed E-state index contributed by atoms with van der Waals surface area (Å²) >= 11 is 0. The van der Waals surface area contributed by atoms with Crippen molar-refractivity contribution in [3.8, 4) is 0 Å². The van der Waals surface area contributed by atoms with Crippen LogP contribution in [0.1, 0.15) is 48.5 Å². The van der Waals surface area contributed by atoms with Crippen LogP contribution in [0, 0.1) is 5.92 Å². The van der Waals surface area contributed by atoms with Crippen LogP contribution in [0.5, 0.6) is 0 Å². The molecule has 1 aromatic rings. The molecule has 1 saturated heterocycles. The van der Waals surface area contributed by atoms with Gasteiger partial charge in [-0.05, 0) is 31.4 Å². The molecule has 1 aliphatic rings. The maximum atomic E-state index is 12.9. The van der Waals surface area contributed by atoms with Crippen LogP contribution in [0.15, 0.2) is 24.3 Å². The lowest BCUT2D eigenvalue weighted by molar-refractivity contribution is -0.137. The van der Waals surface area contributed by atoms with Gasteiger partial charge in [0.25, 0.3) is 0 Å². The third kappa shape index (κ3) is 4.06. The van der Waals surface area contributed by atoms with Gasteiger partial charge < -0.3 is 5.32 Å². The highest BCUT2D eigenvalue weighted by Crippen LogP contribution is 2.33. The molecule has 2 unspecified atom stereocenters. The Kier molecular flexibility index (Phi) is 5.04. The number of rotatable bonds is 4. The van der Waals surface area contributed by atoms with Gasteiger partial charge in [0.1, 0.15) is 0 Å². The second-order valence-electron chi connectivity index (χ2n) is 5.62. The molecule has 0 saturated carbocycles. The lowest BCUT2D eigenvalue weighted by Gasteiger charge is -2.29. The van der Waals surface area contributed by atoms with Gasteiger partial charge >= 0.3 is 6.18 Å². The molecule has 2 nitrogen and oxygen atoms in total. The molecule has 2 atom stereocenters. The van der Waals surface area contributed by atoms with Crippen LogP contribution < -0.4 is 5.32 Å². The molecule has 2 rings (SSSR count). The zero-order valence-corrected chi connectivity index (χ0v) is 12.0. The Morgan fingerprint density at radius 2 is 2.05 bits per heavy atom. The summed E-state index contributed by atoms with van der Waals surface area (Å²) in [5.41, 5.74) is -1.05. The number of nitrogens with one attached hydrogen (secondary N) is 1. The molecular weight excluding hydrogens is 279 g/mol. The molecular formula is C16H20F3NO. The first-order chi connectivity index (χ1) is 9.91. The summed E-state index contributed by atoms with van der Waals surface area (Å²) in [6.45, 7) is 2.94. The predicted octanol–water partition coefficient (Wildman–Crippen LogP) is 4.06. The SMILES string of the molecule is CCC1CCNC(CC(=O)c2ccccc2C(F)(F)F)C1. The van der Waals surface area contributed by atoms with Crippen LogP contribution in [-0.4, -0.2) is 18.4 Å². The molecule has 0 aromatic heterocycles. The molecule has 21 heavy (non-hydrogen) atoms. The quantitative estimate of drug-likeness (QED) is 0.850. The number of halogens is 3. The van der Waals surface area contributed by atoms with E-state index >= 15 is 0 Å². The van der Waals surface area contributed by atoms with Crippen LogP contribution in [-0.2, 0) is 6.18 Å². The Morgan fingerprint density at radius 1 is 1.33 bits per heavy atom. The van der Waals surface area contributed by atoms with Gasteiger partial charge in [-0.1, -0.05) is 31.5 Å². The lowest BCUT2D eigenvalue weighted by atomic mass is 9.87. The van der Waals surface area contributed by atoms with E-state index in [0.717, 1.165) is 31.9 Å². The number of carbonyl (C=O) groups is 1. The van der Waals surface area contributed by atoms with E-state index in [4.69, 9.17) is 0 Å². The normalized spacial score (nSPS) is 23.0. The van der Waals surface area contributed by atoms with Crippen LogP contribution in [0.3, 0.4) is 0 Å². The average molecular weight is 299 g/mol. The van der Waals surface area contributed by atoms with E-state index < -0.39 is 17.5 Å². The molecule has 1 aromatic carbocycles. The second kappa shape index (κ2) is 6.60. The van der Waals surface area contributed by atoms with E-state index in [2.05, 4.69) is 12.2 Å². The first-order valence-corrected chi connectivity index (χ1v) is 7.34. The molecule has 0 spiro atoms. The van der Waals surface area contributed by atoms with Crippen molar-refractivity contribution in [2.45, 2.75) is 44.8 Å². The molecule has 0 amide bonds. The Hall–Kier alpha value is -1.36. The van der Waals surface area contributed by atoms with E-state index in [1.165, 1.54) is 18.2 Å². The number of ketones is 1. The number of carbonyl (C=O) groups excluding carboxylic acids is 1. The lowest BCUT2D eigenvalue weighted by Crippen LogP contribution is -2.39. The Labute approximate surface area is 122 Å². The zero-order valence-electron chi connectivity index (χ0n) is 12.0. The average Bonchev–Trinajstić information content (AvgIpc) is 2.46. The molecule has 0 aliphatic carbocycles. The van der Waals surface area contributed by atoms with Gasteiger partial charge in [-0.15, -0.1) is 0 Å². The first kappa shape index (κ1) is 16.0. The number of benzene rings is 1. The van der Waals surface area contributed by atoms with Crippen molar-refractivity contribution in [2.24, 2.45) is 5.92 Å². The molecule has 1 N–H and O–H groups in total. The maximum absolute atomic E-state index is 12.9. The van der Waals surface area contributed by atoms with Crippen molar-refractivity contribution in [3.63, 3.8) is 0 Å². The Balaban J connectivity index is 2.10. The van der Waals surface area contributed by atoms with E-state index in [9.17, 15) is 18.0 Å². The smallest absolute Gasteiger partial charge is 0.314 e. The third-order valence-corrected chi connectivity index (χ3v) is 4.15. The van der Waals surface area contributed by atoms with Crippen molar-refractivity contribution >= 4 is 5.78 Å². The molecule has 0 bridgehead atoms. The van der Waals surface area contributed by atoms with Crippen molar-refractivity contribution in [3.05, 3.63) is 35.4 Å². The fraction of sp³-hybridized carbons (Fsp3) is 0.562. The Morgan fingerprint density at radius 3 is 2.71 bits per heavy atom. The van der Waals surface area contributed by atoms with Gasteiger partial charge in [0.2, 0.25) is 0 Å². The molecule has 5 heteroatoms. The number of hydrogen-bond donors (Lipinski definition) is 1. The van der Waals surface area contributed by atoms with Crippen LogP contribution >= 0.6 is 0 Å². The highest BCUT2D eigenvalue weighted by Gasteiger charge is 2.35. The van der Waals surface area contributed by atoms with Crippen molar-refractivity contribution < 1.29 is 18.0 Å². The minimum Gasteiger partial charge on any atom is -0.314 e. The summed E-state index contributed by atoms with van der Waals surface area (Å²) in [7, 11) is 0. The van der Waals surface area contributed by atoms with E-state index in [1.807, 2.05) is 0 Å². The largest absolute Gasteiger partial charge is 0.417 e. The van der Waals surface area contributed by atoms with E-state index in [1.54, 1.807) is 0 Å². The fourth-order valence-electron chi connectivity index (χ4n) is 2.93. The van der Waals surface area contributed by atoms with Gasteiger partial charge in [0, 0.05) is 18.0 Å². The van der Waals surface area contributed by atoms with Gasteiger partial charge in [-0.3, -0.25) is 4.79 Å². The monoisotopic (exact) mass is 299 g/mol. The standard InChI is InChI=1S/C16H20F3NO/c1-2-11-7-8-20-12(9-11)10-15(21)13-5-3-4-6-14(13)16(17,18)19/h3-6,11-12,20H,2,7-10H2,1H3. The molecule has 116 valence electrons. The Bertz CT molecular complexity index is 499. The van der Waals surface area contributed by atoms with Gasteiger partial charge in [-0.2, -0.15) is 13.2 Å². The number of piperidine rings is 1. The van der Waals surface area contributed by atoms with Gasteiger partial charge in [0.05, 0.1) is 5.56 Å². The summed E-state index contributed by atoms with van der Waals surface area (Å²) in [6.07, 6.45) is -1.38. The van der Waals surface area contributed by atoms with Gasteiger partial charge in [-0.25, -0.2) is 0 Å². The third-order valence-electron chi connectivity index (χ3n) is 4.15. The predicted molar refractivity (Wildman–Crippen MR) is 75.2 cm³/mol. The van der Waals surface area contributed by atoms with Crippen molar-refractivity contribution in [1.82, 2.24) is 5.32 Å². The van der Waals surface area contributed by atoms with E-state index in [0.29, 0.717) is 5.92 Å². The summed E-state index contributed by atoms with van der Waals surface area (Å²) < 4.78 is 38.8. The van der Waals surface area contributed by atoms with Crippen LogP contribution in [0.2, 0.25) is 0 Å². The van der Waals surface area contributed by atoms with Crippen LogP contribution in [0.4, 0.5) is 13.2 Å². The molecule has 1 aliphatic heterocycles. The highest BCUT2D eigenvalue weighted by molar-refractivity contribution is 5.98. The molecule has 0 radical (unpaired) electrons. The number of Topliss-reactive ketones (excluding diaryl/α,β-unsaturated/α-hetero) is 1. The van der Waals surface area contributed by atoms with Crippen LogP contribution in [0.25, 0.3) is 0 Å². The minimum atomic E-state index is -4.49. The summed E-state index contributed by atoms with van der Waals surface area (Å²) in [5, 5.41) is 3.24. The first-order valence-electron chi connectivity index (χ1n) is 7.34. The molecule has 1 fully saturated rings. The van der Waals surface area contributed by atoms with E-state index in [-0.39, 0.29) is 18.0 Å². The summed E-state index contributed by atoms with van der Waals surface area (Å²) in [6, 6.07) is 5.01. The second-order valence-corrected chi connectivity index (χ2v) is 5.62.